The Bertz CT molecular complexity index is 294. The Morgan fingerprint density at radius 2 is 1.76 bits per heavy atom. The van der Waals surface area contributed by atoms with Crippen molar-refractivity contribution in [2.24, 2.45) is 5.92 Å². The third-order valence-corrected chi connectivity index (χ3v) is 2.61. The summed E-state index contributed by atoms with van der Waals surface area (Å²) in [6.07, 6.45) is 0.669. The molecule has 0 aliphatic carbocycles. The highest BCUT2D eigenvalue weighted by Gasteiger charge is 2.16. The van der Waals surface area contributed by atoms with Gasteiger partial charge in [-0.1, -0.05) is 29.8 Å². The van der Waals surface area contributed by atoms with E-state index in [0.29, 0.717) is 12.3 Å². The molecule has 0 radical (unpaired) electrons. The highest BCUT2D eigenvalue weighted by Crippen LogP contribution is 2.12. The molecule has 0 rings (SSSR count). The van der Waals surface area contributed by atoms with Crippen LogP contribution >= 0.6 is 15.9 Å². The van der Waals surface area contributed by atoms with Gasteiger partial charge < -0.3 is 15.7 Å². The highest BCUT2D eigenvalue weighted by atomic mass is 79.9. The summed E-state index contributed by atoms with van der Waals surface area (Å²) in [4.78, 5) is 32.4. The molecular weight excluding hydrogens is 292 g/mol. The summed E-state index contributed by atoms with van der Waals surface area (Å²) in [6.45, 7) is 3.31. The van der Waals surface area contributed by atoms with Crippen LogP contribution in [0.2, 0.25) is 0 Å². The minimum Gasteiger partial charge on any atom is -0.480 e. The fourth-order valence-corrected chi connectivity index (χ4v) is 1.95. The smallest absolute Gasteiger partial charge is 0.322 e. The van der Waals surface area contributed by atoms with Gasteiger partial charge in [-0.25, -0.2) is 0 Å². The minimum atomic E-state index is -1.12. The largest absolute Gasteiger partial charge is 0.480 e. The first-order chi connectivity index (χ1) is 7.82. The van der Waals surface area contributed by atoms with Crippen LogP contribution < -0.4 is 10.6 Å². The summed E-state index contributed by atoms with van der Waals surface area (Å²) in [5.74, 6) is -1.55. The maximum Gasteiger partial charge on any atom is 0.322 e. The van der Waals surface area contributed by atoms with E-state index in [1.165, 1.54) is 0 Å². The van der Waals surface area contributed by atoms with E-state index in [0.717, 1.165) is 0 Å². The third kappa shape index (κ3) is 8.67. The Balaban J connectivity index is 3.83. The Morgan fingerprint density at radius 1 is 1.18 bits per heavy atom. The van der Waals surface area contributed by atoms with Crippen molar-refractivity contribution in [3.63, 3.8) is 0 Å². The van der Waals surface area contributed by atoms with Gasteiger partial charge in [-0.2, -0.15) is 0 Å². The maximum absolute atomic E-state index is 11.5. The molecule has 2 amide bonds. The van der Waals surface area contributed by atoms with Gasteiger partial charge in [0, 0.05) is 0 Å². The molecule has 0 aromatic heterocycles. The number of carbonyl (C=O) groups excluding carboxylic acids is 2. The average Bonchev–Trinajstić information content (AvgIpc) is 2.21. The van der Waals surface area contributed by atoms with E-state index in [2.05, 4.69) is 26.6 Å². The van der Waals surface area contributed by atoms with Crippen LogP contribution in [0.1, 0.15) is 20.3 Å². The van der Waals surface area contributed by atoms with Gasteiger partial charge in [-0.3, -0.25) is 14.4 Å². The number of amides is 2. The summed E-state index contributed by atoms with van der Waals surface area (Å²) in [5.41, 5.74) is 0. The predicted molar refractivity (Wildman–Crippen MR) is 65.8 cm³/mol. The minimum absolute atomic E-state index is 0.216. The van der Waals surface area contributed by atoms with Crippen molar-refractivity contribution < 1.29 is 19.5 Å². The Labute approximate surface area is 108 Å². The molecule has 0 unspecified atom stereocenters. The van der Waals surface area contributed by atoms with Gasteiger partial charge in [0.15, 0.2) is 0 Å². The van der Waals surface area contributed by atoms with Gasteiger partial charge in [0.1, 0.15) is 6.54 Å². The second-order valence-corrected chi connectivity index (χ2v) is 5.09. The van der Waals surface area contributed by atoms with E-state index in [4.69, 9.17) is 5.11 Å². The van der Waals surface area contributed by atoms with Crippen LogP contribution in [-0.2, 0) is 14.4 Å². The lowest BCUT2D eigenvalue weighted by Gasteiger charge is -2.12. The molecule has 7 heteroatoms. The first-order valence-electron chi connectivity index (χ1n) is 5.23. The average molecular weight is 309 g/mol. The third-order valence-electron chi connectivity index (χ3n) is 1.82. The lowest BCUT2D eigenvalue weighted by Crippen LogP contribution is -2.41. The van der Waals surface area contributed by atoms with Gasteiger partial charge in [-0.15, -0.1) is 0 Å². The predicted octanol–water partition coefficient (Wildman–Crippen LogP) is 0.113. The second kappa shape index (κ2) is 8.05. The van der Waals surface area contributed by atoms with Gasteiger partial charge in [-0.05, 0) is 12.3 Å². The number of aliphatic carboxylic acids is 1. The molecule has 17 heavy (non-hydrogen) atoms. The number of hydrogen-bond acceptors (Lipinski definition) is 3. The molecule has 0 aliphatic rings. The van der Waals surface area contributed by atoms with Crippen LogP contribution in [0.15, 0.2) is 0 Å². The monoisotopic (exact) mass is 308 g/mol. The van der Waals surface area contributed by atoms with E-state index >= 15 is 0 Å². The topological polar surface area (TPSA) is 95.5 Å². The molecule has 0 aliphatic heterocycles. The summed E-state index contributed by atoms with van der Waals surface area (Å²) in [5, 5.41) is 12.9. The zero-order chi connectivity index (χ0) is 13.4. The number of alkyl halides is 1. The van der Waals surface area contributed by atoms with E-state index in [-0.39, 0.29) is 17.3 Å². The second-order valence-electron chi connectivity index (χ2n) is 3.99. The summed E-state index contributed by atoms with van der Waals surface area (Å²) in [6, 6.07) is 0. The molecule has 0 aromatic rings. The molecule has 0 saturated carbocycles. The normalized spacial score (nSPS) is 12.0. The van der Waals surface area contributed by atoms with Crippen LogP contribution in [-0.4, -0.2) is 40.8 Å². The van der Waals surface area contributed by atoms with Crippen molar-refractivity contribution in [1.82, 2.24) is 10.6 Å². The lowest BCUT2D eigenvalue weighted by molar-refractivity contribution is -0.137. The molecular formula is C10H17BrN2O4. The van der Waals surface area contributed by atoms with Crippen molar-refractivity contribution in [3.8, 4) is 0 Å². The van der Waals surface area contributed by atoms with Crippen LogP contribution in [0.4, 0.5) is 0 Å². The molecule has 3 N–H and O–H groups in total. The molecule has 0 aromatic carbocycles. The number of hydrogen-bond donors (Lipinski definition) is 3. The van der Waals surface area contributed by atoms with Crippen LogP contribution in [0.25, 0.3) is 0 Å². The first kappa shape index (κ1) is 15.9. The van der Waals surface area contributed by atoms with Crippen LogP contribution in [0.3, 0.4) is 0 Å². The van der Waals surface area contributed by atoms with E-state index < -0.39 is 18.4 Å². The summed E-state index contributed by atoms with van der Waals surface area (Å²) < 4.78 is 0. The number of rotatable bonds is 7. The summed E-state index contributed by atoms with van der Waals surface area (Å²) >= 11 is 3.22. The SMILES string of the molecule is CC(C)C[C@H](Br)C(=O)NCC(=O)NCC(=O)O. The van der Waals surface area contributed by atoms with Crippen molar-refractivity contribution in [1.29, 1.82) is 0 Å². The van der Waals surface area contributed by atoms with Gasteiger partial charge in [0.25, 0.3) is 0 Å². The quantitative estimate of drug-likeness (QED) is 0.582. The molecule has 0 bridgehead atoms. The number of carbonyl (C=O) groups is 3. The van der Waals surface area contributed by atoms with Crippen molar-refractivity contribution in [2.45, 2.75) is 25.1 Å². The first-order valence-corrected chi connectivity index (χ1v) is 6.14. The fraction of sp³-hybridized carbons (Fsp3) is 0.700. The number of carboxylic acids is 1. The molecule has 6 nitrogen and oxygen atoms in total. The highest BCUT2D eigenvalue weighted by molar-refractivity contribution is 9.10. The Hall–Kier alpha value is -1.11. The van der Waals surface area contributed by atoms with E-state index in [9.17, 15) is 14.4 Å². The van der Waals surface area contributed by atoms with Crippen molar-refractivity contribution in [2.75, 3.05) is 13.1 Å². The molecule has 98 valence electrons. The molecule has 0 saturated heterocycles. The maximum atomic E-state index is 11.5. The molecule has 0 spiro atoms. The molecule has 0 heterocycles. The summed E-state index contributed by atoms with van der Waals surface area (Å²) in [7, 11) is 0. The lowest BCUT2D eigenvalue weighted by atomic mass is 10.1. The zero-order valence-corrected chi connectivity index (χ0v) is 11.4. The Morgan fingerprint density at radius 3 is 2.24 bits per heavy atom. The van der Waals surface area contributed by atoms with Crippen molar-refractivity contribution in [3.05, 3.63) is 0 Å². The van der Waals surface area contributed by atoms with Crippen LogP contribution in [0, 0.1) is 5.92 Å². The number of carboxylic acid groups (broad SMARTS) is 1. The fourth-order valence-electron chi connectivity index (χ4n) is 1.04. The number of halogens is 1. The molecule has 1 atom stereocenters. The number of nitrogens with one attached hydrogen (secondary N) is 2. The van der Waals surface area contributed by atoms with Gasteiger partial charge in [0.2, 0.25) is 11.8 Å². The zero-order valence-electron chi connectivity index (χ0n) is 9.83. The van der Waals surface area contributed by atoms with E-state index in [1.54, 1.807) is 0 Å². The van der Waals surface area contributed by atoms with Gasteiger partial charge in [0.05, 0.1) is 11.4 Å². The van der Waals surface area contributed by atoms with E-state index in [1.807, 2.05) is 13.8 Å². The van der Waals surface area contributed by atoms with Crippen LogP contribution in [0.5, 0.6) is 0 Å². The standard InChI is InChI=1S/C10H17BrN2O4/c1-6(2)3-7(11)10(17)13-4-8(14)12-5-9(15)16/h6-7H,3-5H2,1-2H3,(H,12,14)(H,13,17)(H,15,16)/t7-/m0/s1. The van der Waals surface area contributed by atoms with Crippen molar-refractivity contribution >= 4 is 33.7 Å². The Kier molecular flexibility index (Phi) is 7.53. The van der Waals surface area contributed by atoms with Gasteiger partial charge >= 0.3 is 5.97 Å². The molecule has 0 fully saturated rings.